The van der Waals surface area contributed by atoms with E-state index in [1.54, 1.807) is 6.07 Å². The Morgan fingerprint density at radius 2 is 2.33 bits per heavy atom. The molecule has 0 radical (unpaired) electrons. The van der Waals surface area contributed by atoms with Crippen LogP contribution in [0.25, 0.3) is 0 Å². The molecule has 0 atom stereocenters. The van der Waals surface area contributed by atoms with Crippen LogP contribution in [-0.4, -0.2) is 27.8 Å². The predicted octanol–water partition coefficient (Wildman–Crippen LogP) is 0.822. The maximum absolute atomic E-state index is 10.8. The zero-order valence-corrected chi connectivity index (χ0v) is 8.32. The molecule has 1 rings (SSSR count). The van der Waals surface area contributed by atoms with Gasteiger partial charge in [-0.15, -0.1) is 0 Å². The summed E-state index contributed by atoms with van der Waals surface area (Å²) in [5, 5.41) is 17.4. The summed E-state index contributed by atoms with van der Waals surface area (Å²) in [7, 11) is 0. The van der Waals surface area contributed by atoms with Gasteiger partial charge in [0.1, 0.15) is 0 Å². The number of aromatic carboxylic acids is 1. The molecule has 0 aliphatic heterocycles. The molecule has 0 aliphatic rings. The van der Waals surface area contributed by atoms with Crippen LogP contribution in [0.3, 0.4) is 0 Å². The first kappa shape index (κ1) is 11.2. The van der Waals surface area contributed by atoms with Crippen molar-refractivity contribution in [3.05, 3.63) is 29.1 Å². The van der Waals surface area contributed by atoms with Crippen LogP contribution < -0.4 is 0 Å². The topological polar surface area (TPSA) is 70.4 Å². The third-order valence-corrected chi connectivity index (χ3v) is 1.69. The molecular weight excluding hydrogens is 194 g/mol. The van der Waals surface area contributed by atoms with Gasteiger partial charge in [0.25, 0.3) is 0 Å². The van der Waals surface area contributed by atoms with Gasteiger partial charge in [-0.1, -0.05) is 11.8 Å². The summed E-state index contributed by atoms with van der Waals surface area (Å²) in [6, 6.07) is 1.67. The second kappa shape index (κ2) is 5.13. The Balaban J connectivity index is 3.09. The molecule has 0 unspecified atom stereocenters. The molecule has 2 N–H and O–H groups in total. The van der Waals surface area contributed by atoms with Crippen LogP contribution in [0.2, 0.25) is 0 Å². The van der Waals surface area contributed by atoms with Crippen LogP contribution in [0.5, 0.6) is 0 Å². The fourth-order valence-electron chi connectivity index (χ4n) is 1.05. The van der Waals surface area contributed by atoms with Gasteiger partial charge in [0.15, 0.2) is 5.69 Å². The summed E-state index contributed by atoms with van der Waals surface area (Å²) < 4.78 is 0. The molecule has 0 amide bonds. The summed E-state index contributed by atoms with van der Waals surface area (Å²) in [6.45, 7) is 1.78. The lowest BCUT2D eigenvalue weighted by molar-refractivity contribution is 0.0690. The highest BCUT2D eigenvalue weighted by atomic mass is 16.4. The highest BCUT2D eigenvalue weighted by Crippen LogP contribution is 2.07. The number of aliphatic hydroxyl groups is 1. The monoisotopic (exact) mass is 205 g/mol. The van der Waals surface area contributed by atoms with E-state index in [-0.39, 0.29) is 12.3 Å². The Kier molecular flexibility index (Phi) is 3.83. The zero-order chi connectivity index (χ0) is 11.3. The van der Waals surface area contributed by atoms with Crippen molar-refractivity contribution < 1.29 is 15.0 Å². The fraction of sp³-hybridized carbons (Fsp3) is 0.273. The van der Waals surface area contributed by atoms with Gasteiger partial charge >= 0.3 is 5.97 Å². The third-order valence-electron chi connectivity index (χ3n) is 1.69. The Morgan fingerprint density at radius 3 is 2.93 bits per heavy atom. The van der Waals surface area contributed by atoms with Crippen molar-refractivity contribution in [3.63, 3.8) is 0 Å². The number of nitrogens with zero attached hydrogens (tertiary/aromatic N) is 1. The number of aromatic nitrogens is 1. The minimum Gasteiger partial charge on any atom is -0.476 e. The molecule has 15 heavy (non-hydrogen) atoms. The van der Waals surface area contributed by atoms with Crippen molar-refractivity contribution in [2.45, 2.75) is 13.3 Å². The SMILES string of the molecule is Cc1cnc(C(=O)O)c(C#CCCO)c1. The van der Waals surface area contributed by atoms with Crippen LogP contribution in [0, 0.1) is 18.8 Å². The van der Waals surface area contributed by atoms with Gasteiger partial charge in [-0.2, -0.15) is 0 Å². The largest absolute Gasteiger partial charge is 0.476 e. The minimum absolute atomic E-state index is 0.0331. The van der Waals surface area contributed by atoms with Gasteiger partial charge in [-0.3, -0.25) is 0 Å². The van der Waals surface area contributed by atoms with Crippen LogP contribution in [0.4, 0.5) is 0 Å². The van der Waals surface area contributed by atoms with Crippen molar-refractivity contribution >= 4 is 5.97 Å². The van der Waals surface area contributed by atoms with E-state index >= 15 is 0 Å². The van der Waals surface area contributed by atoms with Gasteiger partial charge in [0, 0.05) is 12.6 Å². The number of carbonyl (C=O) groups is 1. The van der Waals surface area contributed by atoms with Crippen LogP contribution in [0.1, 0.15) is 28.0 Å². The Labute approximate surface area is 87.6 Å². The Bertz CT molecular complexity index is 429. The average molecular weight is 205 g/mol. The number of rotatable bonds is 2. The number of pyridine rings is 1. The smallest absolute Gasteiger partial charge is 0.355 e. The van der Waals surface area contributed by atoms with E-state index in [0.29, 0.717) is 12.0 Å². The summed E-state index contributed by atoms with van der Waals surface area (Å²) in [6.07, 6.45) is 1.81. The number of aryl methyl sites for hydroxylation is 1. The van der Waals surface area contributed by atoms with Crippen LogP contribution in [0.15, 0.2) is 12.3 Å². The molecule has 0 saturated heterocycles. The van der Waals surface area contributed by atoms with Gasteiger partial charge in [0.2, 0.25) is 0 Å². The summed E-state index contributed by atoms with van der Waals surface area (Å²) >= 11 is 0. The van der Waals surface area contributed by atoms with E-state index < -0.39 is 5.97 Å². The molecule has 0 aliphatic carbocycles. The minimum atomic E-state index is -1.09. The predicted molar refractivity (Wildman–Crippen MR) is 54.5 cm³/mol. The highest BCUT2D eigenvalue weighted by Gasteiger charge is 2.09. The number of hydrogen-bond acceptors (Lipinski definition) is 3. The van der Waals surface area contributed by atoms with Gasteiger partial charge in [-0.05, 0) is 18.6 Å². The van der Waals surface area contributed by atoms with E-state index in [4.69, 9.17) is 10.2 Å². The molecule has 4 nitrogen and oxygen atoms in total. The lowest BCUT2D eigenvalue weighted by Crippen LogP contribution is -2.03. The van der Waals surface area contributed by atoms with E-state index in [9.17, 15) is 4.79 Å². The molecule has 1 aromatic rings. The Hall–Kier alpha value is -1.86. The fourth-order valence-corrected chi connectivity index (χ4v) is 1.05. The first-order chi connectivity index (χ1) is 7.15. The van der Waals surface area contributed by atoms with Crippen molar-refractivity contribution in [1.29, 1.82) is 0 Å². The van der Waals surface area contributed by atoms with Crippen molar-refractivity contribution in [2.24, 2.45) is 0 Å². The van der Waals surface area contributed by atoms with E-state index in [2.05, 4.69) is 16.8 Å². The quantitative estimate of drug-likeness (QED) is 0.701. The van der Waals surface area contributed by atoms with E-state index in [1.807, 2.05) is 6.92 Å². The normalized spacial score (nSPS) is 9.20. The second-order valence-electron chi connectivity index (χ2n) is 2.99. The van der Waals surface area contributed by atoms with Gasteiger partial charge in [-0.25, -0.2) is 9.78 Å². The molecule has 4 heteroatoms. The third kappa shape index (κ3) is 3.08. The van der Waals surface area contributed by atoms with Crippen LogP contribution in [-0.2, 0) is 0 Å². The maximum atomic E-state index is 10.8. The van der Waals surface area contributed by atoms with Gasteiger partial charge in [0.05, 0.1) is 12.2 Å². The molecule has 0 spiro atoms. The molecule has 1 aromatic heterocycles. The number of hydrogen-bond donors (Lipinski definition) is 2. The number of carboxylic acids is 1. The maximum Gasteiger partial charge on any atom is 0.355 e. The molecule has 0 aromatic carbocycles. The van der Waals surface area contributed by atoms with Crippen molar-refractivity contribution in [1.82, 2.24) is 4.98 Å². The molecule has 0 saturated carbocycles. The van der Waals surface area contributed by atoms with E-state index in [0.717, 1.165) is 5.56 Å². The molecule has 1 heterocycles. The summed E-state index contributed by atoms with van der Waals surface area (Å²) in [4.78, 5) is 14.6. The number of carboxylic acid groups (broad SMARTS) is 1. The first-order valence-electron chi connectivity index (χ1n) is 4.45. The lowest BCUT2D eigenvalue weighted by Gasteiger charge is -1.99. The first-order valence-corrected chi connectivity index (χ1v) is 4.45. The van der Waals surface area contributed by atoms with Gasteiger partial charge < -0.3 is 10.2 Å². The molecular formula is C11H11NO3. The standard InChI is InChI=1S/C11H11NO3/c1-8-6-9(4-2-3-5-13)10(11(14)15)12-7-8/h6-7,13H,3,5H2,1H3,(H,14,15). The van der Waals surface area contributed by atoms with Crippen molar-refractivity contribution in [3.8, 4) is 11.8 Å². The highest BCUT2D eigenvalue weighted by molar-refractivity contribution is 5.88. The lowest BCUT2D eigenvalue weighted by atomic mass is 10.1. The average Bonchev–Trinajstić information content (AvgIpc) is 2.18. The second-order valence-corrected chi connectivity index (χ2v) is 2.99. The van der Waals surface area contributed by atoms with Crippen LogP contribution >= 0.6 is 0 Å². The summed E-state index contributed by atoms with van der Waals surface area (Å²) in [5.41, 5.74) is 1.19. The number of aliphatic hydroxyl groups excluding tert-OH is 1. The molecule has 0 bridgehead atoms. The molecule has 78 valence electrons. The summed E-state index contributed by atoms with van der Waals surface area (Å²) in [5.74, 6) is 4.26. The Morgan fingerprint density at radius 1 is 1.60 bits per heavy atom. The zero-order valence-electron chi connectivity index (χ0n) is 8.32. The van der Waals surface area contributed by atoms with E-state index in [1.165, 1.54) is 6.20 Å². The molecule has 0 fully saturated rings. The van der Waals surface area contributed by atoms with Crippen molar-refractivity contribution in [2.75, 3.05) is 6.61 Å².